The smallest absolute Gasteiger partial charge is 0.107 e. The SMILES string of the molecule is CCN(CC)Cc1ncc(C(C)(C)N)s1. The third kappa shape index (κ3) is 3.55. The molecule has 86 valence electrons. The summed E-state index contributed by atoms with van der Waals surface area (Å²) in [5, 5.41) is 1.16. The van der Waals surface area contributed by atoms with Crippen LogP contribution in [0.15, 0.2) is 6.20 Å². The molecule has 1 aromatic rings. The standard InChI is InChI=1S/C11H21N3S/c1-5-14(6-2)8-10-13-7-9(15-10)11(3,4)12/h7H,5-6,8,12H2,1-4H3. The minimum atomic E-state index is -0.265. The minimum absolute atomic E-state index is 0.265. The molecule has 3 nitrogen and oxygen atoms in total. The second-order valence-corrected chi connectivity index (χ2v) is 5.42. The summed E-state index contributed by atoms with van der Waals surface area (Å²) >= 11 is 1.72. The molecule has 1 aromatic heterocycles. The molecular formula is C11H21N3S. The largest absolute Gasteiger partial charge is 0.321 e. The van der Waals surface area contributed by atoms with Gasteiger partial charge in [-0.2, -0.15) is 0 Å². The summed E-state index contributed by atoms with van der Waals surface area (Å²) in [5.41, 5.74) is 5.76. The number of hydrogen-bond donors (Lipinski definition) is 1. The lowest BCUT2D eigenvalue weighted by atomic mass is 10.1. The van der Waals surface area contributed by atoms with Gasteiger partial charge in [0.2, 0.25) is 0 Å². The highest BCUT2D eigenvalue weighted by Crippen LogP contribution is 2.24. The van der Waals surface area contributed by atoms with Crippen molar-refractivity contribution < 1.29 is 0 Å². The topological polar surface area (TPSA) is 42.2 Å². The lowest BCUT2D eigenvalue weighted by molar-refractivity contribution is 0.295. The normalized spacial score (nSPS) is 12.4. The first-order valence-electron chi connectivity index (χ1n) is 5.43. The quantitative estimate of drug-likeness (QED) is 0.838. The molecule has 0 aliphatic carbocycles. The predicted octanol–water partition coefficient (Wildman–Crippen LogP) is 2.18. The van der Waals surface area contributed by atoms with E-state index in [1.54, 1.807) is 11.3 Å². The molecule has 0 amide bonds. The first kappa shape index (κ1) is 12.6. The van der Waals surface area contributed by atoms with Crippen molar-refractivity contribution in [2.45, 2.75) is 39.8 Å². The Morgan fingerprint density at radius 1 is 1.40 bits per heavy atom. The number of thiazole rings is 1. The van der Waals surface area contributed by atoms with Crippen molar-refractivity contribution in [2.75, 3.05) is 13.1 Å². The summed E-state index contributed by atoms with van der Waals surface area (Å²) < 4.78 is 0. The first-order chi connectivity index (χ1) is 6.97. The van der Waals surface area contributed by atoms with Gasteiger partial charge in [0.15, 0.2) is 0 Å². The summed E-state index contributed by atoms with van der Waals surface area (Å²) in [4.78, 5) is 7.93. The maximum atomic E-state index is 6.02. The molecule has 0 spiro atoms. The zero-order chi connectivity index (χ0) is 11.5. The molecule has 0 aromatic carbocycles. The van der Waals surface area contributed by atoms with Gasteiger partial charge < -0.3 is 5.73 Å². The van der Waals surface area contributed by atoms with Gasteiger partial charge in [-0.25, -0.2) is 4.98 Å². The average molecular weight is 227 g/mol. The average Bonchev–Trinajstić information content (AvgIpc) is 2.61. The Morgan fingerprint density at radius 3 is 2.40 bits per heavy atom. The minimum Gasteiger partial charge on any atom is -0.321 e. The fraction of sp³-hybridized carbons (Fsp3) is 0.727. The Labute approximate surface area is 96.3 Å². The maximum absolute atomic E-state index is 6.02. The van der Waals surface area contributed by atoms with Gasteiger partial charge in [-0.05, 0) is 26.9 Å². The first-order valence-corrected chi connectivity index (χ1v) is 6.25. The number of aromatic nitrogens is 1. The lowest BCUT2D eigenvalue weighted by Crippen LogP contribution is -2.27. The van der Waals surface area contributed by atoms with Gasteiger partial charge in [0.05, 0.1) is 6.54 Å². The van der Waals surface area contributed by atoms with Crippen LogP contribution in [0.2, 0.25) is 0 Å². The second-order valence-electron chi connectivity index (χ2n) is 4.30. The van der Waals surface area contributed by atoms with Crippen molar-refractivity contribution >= 4 is 11.3 Å². The maximum Gasteiger partial charge on any atom is 0.107 e. The number of nitrogens with two attached hydrogens (primary N) is 1. The van der Waals surface area contributed by atoms with Crippen molar-refractivity contribution in [1.82, 2.24) is 9.88 Å². The van der Waals surface area contributed by atoms with Crippen LogP contribution in [0.3, 0.4) is 0 Å². The van der Waals surface area contributed by atoms with E-state index in [4.69, 9.17) is 5.73 Å². The number of nitrogens with zero attached hydrogens (tertiary/aromatic N) is 2. The lowest BCUT2D eigenvalue weighted by Gasteiger charge is -2.16. The van der Waals surface area contributed by atoms with Gasteiger partial charge in [-0.1, -0.05) is 13.8 Å². The summed E-state index contributed by atoms with van der Waals surface area (Å²) in [6.07, 6.45) is 1.91. The van der Waals surface area contributed by atoms with Crippen LogP contribution in [0, 0.1) is 0 Å². The third-order valence-corrected chi connectivity index (χ3v) is 3.76. The van der Waals surface area contributed by atoms with Crippen molar-refractivity contribution in [1.29, 1.82) is 0 Å². The molecule has 0 unspecified atom stereocenters. The molecule has 0 aliphatic heterocycles. The van der Waals surface area contributed by atoms with E-state index in [1.807, 2.05) is 20.0 Å². The van der Waals surface area contributed by atoms with Crippen molar-refractivity contribution in [3.8, 4) is 0 Å². The predicted molar refractivity (Wildman–Crippen MR) is 66.0 cm³/mol. The Balaban J connectivity index is 2.68. The highest BCUT2D eigenvalue weighted by atomic mass is 32.1. The van der Waals surface area contributed by atoms with Gasteiger partial charge in [-0.3, -0.25) is 4.90 Å². The highest BCUT2D eigenvalue weighted by molar-refractivity contribution is 7.11. The fourth-order valence-electron chi connectivity index (χ4n) is 1.32. The number of rotatable bonds is 5. The molecule has 0 aliphatic rings. The zero-order valence-corrected chi connectivity index (χ0v) is 10.9. The monoisotopic (exact) mass is 227 g/mol. The Hall–Kier alpha value is -0.450. The van der Waals surface area contributed by atoms with Crippen LogP contribution in [0.1, 0.15) is 37.6 Å². The van der Waals surface area contributed by atoms with E-state index >= 15 is 0 Å². The van der Waals surface area contributed by atoms with E-state index in [0.29, 0.717) is 0 Å². The second kappa shape index (κ2) is 5.05. The van der Waals surface area contributed by atoms with Crippen molar-refractivity contribution in [3.63, 3.8) is 0 Å². The zero-order valence-electron chi connectivity index (χ0n) is 10.1. The summed E-state index contributed by atoms with van der Waals surface area (Å²) in [6, 6.07) is 0. The number of hydrogen-bond acceptors (Lipinski definition) is 4. The van der Waals surface area contributed by atoms with Crippen molar-refractivity contribution in [3.05, 3.63) is 16.1 Å². The highest BCUT2D eigenvalue weighted by Gasteiger charge is 2.17. The van der Waals surface area contributed by atoms with Crippen LogP contribution in [-0.2, 0) is 12.1 Å². The molecular weight excluding hydrogens is 206 g/mol. The van der Waals surface area contributed by atoms with E-state index in [0.717, 1.165) is 29.5 Å². The van der Waals surface area contributed by atoms with Gasteiger partial charge in [0, 0.05) is 16.6 Å². The van der Waals surface area contributed by atoms with E-state index in [-0.39, 0.29) is 5.54 Å². The van der Waals surface area contributed by atoms with Gasteiger partial charge in [0.1, 0.15) is 5.01 Å². The van der Waals surface area contributed by atoms with Crippen LogP contribution < -0.4 is 5.73 Å². The molecule has 0 bridgehead atoms. The molecule has 0 saturated heterocycles. The fourth-order valence-corrected chi connectivity index (χ4v) is 2.29. The molecule has 2 N–H and O–H groups in total. The summed E-state index contributed by atoms with van der Waals surface area (Å²) in [5.74, 6) is 0. The van der Waals surface area contributed by atoms with Crippen LogP contribution in [0.25, 0.3) is 0 Å². The van der Waals surface area contributed by atoms with E-state index in [9.17, 15) is 0 Å². The van der Waals surface area contributed by atoms with Gasteiger partial charge in [-0.15, -0.1) is 11.3 Å². The van der Waals surface area contributed by atoms with Crippen LogP contribution in [0.5, 0.6) is 0 Å². The Bertz CT molecular complexity index is 297. The summed E-state index contributed by atoms with van der Waals surface area (Å²) in [6.45, 7) is 11.4. The van der Waals surface area contributed by atoms with Crippen LogP contribution in [-0.4, -0.2) is 23.0 Å². The molecule has 0 radical (unpaired) electrons. The van der Waals surface area contributed by atoms with Gasteiger partial charge in [0.25, 0.3) is 0 Å². The van der Waals surface area contributed by atoms with E-state index in [1.165, 1.54) is 0 Å². The molecule has 1 heterocycles. The van der Waals surface area contributed by atoms with Crippen molar-refractivity contribution in [2.24, 2.45) is 5.73 Å². The molecule has 0 fully saturated rings. The van der Waals surface area contributed by atoms with Crippen LogP contribution >= 0.6 is 11.3 Å². The Kier molecular flexibility index (Phi) is 4.25. The molecule has 4 heteroatoms. The molecule has 0 atom stereocenters. The van der Waals surface area contributed by atoms with E-state index in [2.05, 4.69) is 23.7 Å². The molecule has 15 heavy (non-hydrogen) atoms. The third-order valence-electron chi connectivity index (χ3n) is 2.44. The van der Waals surface area contributed by atoms with E-state index < -0.39 is 0 Å². The Morgan fingerprint density at radius 2 is 2.00 bits per heavy atom. The van der Waals surface area contributed by atoms with Crippen LogP contribution in [0.4, 0.5) is 0 Å². The molecule has 0 saturated carbocycles. The molecule has 1 rings (SSSR count). The van der Waals surface area contributed by atoms with Gasteiger partial charge >= 0.3 is 0 Å². The summed E-state index contributed by atoms with van der Waals surface area (Å²) in [7, 11) is 0.